The summed E-state index contributed by atoms with van der Waals surface area (Å²) in [6.45, 7) is 4.08. The van der Waals surface area contributed by atoms with E-state index in [0.29, 0.717) is 53.5 Å². The summed E-state index contributed by atoms with van der Waals surface area (Å²) in [6.07, 6.45) is 4.26. The van der Waals surface area contributed by atoms with Crippen molar-refractivity contribution in [3.8, 4) is 17.0 Å². The molecule has 0 aliphatic rings. The molecule has 5 rings (SSSR count). The van der Waals surface area contributed by atoms with E-state index in [1.54, 1.807) is 31.3 Å². The number of carbonyl (C=O) groups excluding carboxylic acids is 1. The lowest BCUT2D eigenvalue weighted by atomic mass is 9.99. The van der Waals surface area contributed by atoms with E-state index in [-0.39, 0.29) is 11.3 Å². The highest BCUT2D eigenvalue weighted by Gasteiger charge is 2.25. The second-order valence-electron chi connectivity index (χ2n) is 8.99. The molecule has 2 aromatic heterocycles. The van der Waals surface area contributed by atoms with Gasteiger partial charge in [0.25, 0.3) is 0 Å². The molecule has 1 unspecified atom stereocenters. The fourth-order valence-corrected chi connectivity index (χ4v) is 4.62. The van der Waals surface area contributed by atoms with E-state index in [1.807, 2.05) is 31.2 Å². The zero-order valence-corrected chi connectivity index (χ0v) is 21.5. The molecule has 7 nitrogen and oxygen atoms in total. The number of carbonyl (C=O) groups is 1. The number of rotatable bonds is 9. The first-order chi connectivity index (χ1) is 18.9. The summed E-state index contributed by atoms with van der Waals surface area (Å²) >= 11 is 0. The minimum absolute atomic E-state index is 0.0873. The van der Waals surface area contributed by atoms with Gasteiger partial charge in [-0.05, 0) is 60.7 Å². The lowest BCUT2D eigenvalue weighted by Gasteiger charge is -2.22. The van der Waals surface area contributed by atoms with Crippen LogP contribution in [0.1, 0.15) is 47.2 Å². The van der Waals surface area contributed by atoms with Crippen molar-refractivity contribution in [3.05, 3.63) is 101 Å². The third-order valence-electron chi connectivity index (χ3n) is 6.58. The van der Waals surface area contributed by atoms with Crippen LogP contribution < -0.4 is 15.8 Å². The van der Waals surface area contributed by atoms with Crippen LogP contribution in [0.2, 0.25) is 0 Å². The number of ether oxygens (including phenoxy) is 1. The van der Waals surface area contributed by atoms with E-state index in [0.717, 1.165) is 16.3 Å². The van der Waals surface area contributed by atoms with Gasteiger partial charge in [0.05, 0.1) is 24.1 Å². The van der Waals surface area contributed by atoms with Gasteiger partial charge in [-0.25, -0.2) is 18.7 Å². The number of nitrogens with one attached hydrogen (secondary N) is 2. The quantitative estimate of drug-likeness (QED) is 0.190. The van der Waals surface area contributed by atoms with Crippen molar-refractivity contribution in [2.45, 2.75) is 26.3 Å². The fourth-order valence-electron chi connectivity index (χ4n) is 4.62. The highest BCUT2D eigenvalue weighted by atomic mass is 19.1. The SMILES string of the molecule is CCOc1cc(CC)cc(C(Nc2ccc3c(N)nccc3c2)c2ncc(-c3cccc(F)c3C=O)[nH]2)c1F. The summed E-state index contributed by atoms with van der Waals surface area (Å²) in [6, 6.07) is 14.5. The number of aromatic nitrogens is 3. The Morgan fingerprint density at radius 1 is 1.10 bits per heavy atom. The van der Waals surface area contributed by atoms with Crippen LogP contribution in [0.4, 0.5) is 20.3 Å². The highest BCUT2D eigenvalue weighted by Crippen LogP contribution is 2.35. The first kappa shape index (κ1) is 25.8. The maximum atomic E-state index is 15.9. The number of H-pyrrole nitrogens is 1. The molecule has 5 aromatic rings. The van der Waals surface area contributed by atoms with Crippen LogP contribution in [0.15, 0.2) is 67.0 Å². The Morgan fingerprint density at radius 3 is 2.72 bits per heavy atom. The van der Waals surface area contributed by atoms with Crippen molar-refractivity contribution >= 4 is 28.6 Å². The number of nitrogens with zero attached hydrogens (tertiary/aromatic N) is 2. The minimum Gasteiger partial charge on any atom is -0.491 e. The van der Waals surface area contributed by atoms with Crippen molar-refractivity contribution in [1.29, 1.82) is 0 Å². The fraction of sp³-hybridized carbons (Fsp3) is 0.167. The van der Waals surface area contributed by atoms with Crippen LogP contribution in [0.3, 0.4) is 0 Å². The van der Waals surface area contributed by atoms with Gasteiger partial charge in [-0.1, -0.05) is 25.1 Å². The van der Waals surface area contributed by atoms with E-state index < -0.39 is 17.7 Å². The molecule has 39 heavy (non-hydrogen) atoms. The molecule has 198 valence electrons. The van der Waals surface area contributed by atoms with Gasteiger partial charge in [-0.2, -0.15) is 0 Å². The largest absolute Gasteiger partial charge is 0.491 e. The van der Waals surface area contributed by atoms with Gasteiger partial charge >= 0.3 is 0 Å². The van der Waals surface area contributed by atoms with Gasteiger partial charge in [0.15, 0.2) is 17.9 Å². The van der Waals surface area contributed by atoms with Gasteiger partial charge in [-0.3, -0.25) is 4.79 Å². The Balaban J connectivity index is 1.65. The number of fused-ring (bicyclic) bond motifs is 1. The average molecular weight is 528 g/mol. The molecule has 0 spiro atoms. The monoisotopic (exact) mass is 527 g/mol. The molecule has 0 bridgehead atoms. The van der Waals surface area contributed by atoms with E-state index in [4.69, 9.17) is 10.5 Å². The van der Waals surface area contributed by atoms with Crippen LogP contribution in [-0.4, -0.2) is 27.8 Å². The highest BCUT2D eigenvalue weighted by molar-refractivity contribution is 5.93. The topological polar surface area (TPSA) is 106 Å². The van der Waals surface area contributed by atoms with Crippen molar-refractivity contribution in [2.75, 3.05) is 17.7 Å². The number of halogens is 2. The lowest BCUT2D eigenvalue weighted by Crippen LogP contribution is -2.17. The summed E-state index contributed by atoms with van der Waals surface area (Å²) in [5.41, 5.74) is 8.61. The molecule has 0 saturated carbocycles. The van der Waals surface area contributed by atoms with Crippen molar-refractivity contribution in [3.63, 3.8) is 0 Å². The first-order valence-electron chi connectivity index (χ1n) is 12.6. The number of imidazole rings is 1. The van der Waals surface area contributed by atoms with E-state index in [2.05, 4.69) is 20.3 Å². The summed E-state index contributed by atoms with van der Waals surface area (Å²) in [5, 5.41) is 5.05. The number of aldehydes is 1. The summed E-state index contributed by atoms with van der Waals surface area (Å²) < 4.78 is 35.8. The second-order valence-corrected chi connectivity index (χ2v) is 8.99. The number of hydrogen-bond donors (Lipinski definition) is 3. The predicted molar refractivity (Wildman–Crippen MR) is 148 cm³/mol. The Bertz CT molecular complexity index is 1670. The summed E-state index contributed by atoms with van der Waals surface area (Å²) in [5.74, 6) is -0.221. The maximum Gasteiger partial charge on any atom is 0.170 e. The molecule has 9 heteroatoms. The van der Waals surface area contributed by atoms with E-state index in [9.17, 15) is 9.18 Å². The van der Waals surface area contributed by atoms with Gasteiger partial charge in [-0.15, -0.1) is 0 Å². The smallest absolute Gasteiger partial charge is 0.170 e. The van der Waals surface area contributed by atoms with Crippen LogP contribution in [-0.2, 0) is 6.42 Å². The lowest BCUT2D eigenvalue weighted by molar-refractivity contribution is 0.112. The normalized spacial score (nSPS) is 11.9. The number of aromatic amines is 1. The third-order valence-corrected chi connectivity index (χ3v) is 6.58. The number of nitrogens with two attached hydrogens (primary N) is 1. The first-order valence-corrected chi connectivity index (χ1v) is 12.6. The molecular weight excluding hydrogens is 500 g/mol. The van der Waals surface area contributed by atoms with Crippen molar-refractivity contribution in [2.24, 2.45) is 0 Å². The minimum atomic E-state index is -0.783. The third kappa shape index (κ3) is 5.03. The molecule has 3 aromatic carbocycles. The molecule has 0 radical (unpaired) electrons. The number of aryl methyl sites for hydroxylation is 1. The number of pyridine rings is 1. The molecule has 0 saturated heterocycles. The molecule has 0 aliphatic carbocycles. The van der Waals surface area contributed by atoms with Gasteiger partial charge in [0, 0.05) is 28.4 Å². The molecule has 4 N–H and O–H groups in total. The van der Waals surface area contributed by atoms with Crippen LogP contribution in [0.5, 0.6) is 5.75 Å². The summed E-state index contributed by atoms with van der Waals surface area (Å²) in [7, 11) is 0. The van der Waals surface area contributed by atoms with Gasteiger partial charge in [0.2, 0.25) is 0 Å². The molecule has 0 amide bonds. The zero-order valence-electron chi connectivity index (χ0n) is 21.5. The Morgan fingerprint density at radius 2 is 1.95 bits per heavy atom. The number of anilines is 2. The average Bonchev–Trinajstić information content (AvgIpc) is 3.43. The molecular formula is C30H27F2N5O2. The van der Waals surface area contributed by atoms with Gasteiger partial charge < -0.3 is 20.8 Å². The van der Waals surface area contributed by atoms with Crippen LogP contribution in [0, 0.1) is 11.6 Å². The van der Waals surface area contributed by atoms with Crippen LogP contribution in [0.25, 0.3) is 22.0 Å². The van der Waals surface area contributed by atoms with Crippen molar-refractivity contribution < 1.29 is 18.3 Å². The zero-order chi connectivity index (χ0) is 27.5. The van der Waals surface area contributed by atoms with Crippen molar-refractivity contribution in [1.82, 2.24) is 15.0 Å². The maximum absolute atomic E-state index is 15.9. The Kier molecular flexibility index (Phi) is 7.23. The number of hydrogen-bond acceptors (Lipinski definition) is 6. The molecule has 2 heterocycles. The standard InChI is InChI=1S/C30H27F2N5O2/c1-3-17-12-22(27(32)26(13-17)39-4-2)28(36-19-8-9-20-18(14-19)10-11-34-29(20)33)30-35-15-25(37-30)21-6-5-7-24(31)23(21)16-38/h5-16,28,36H,3-4H2,1-2H3,(H2,33,34)(H,35,37). The summed E-state index contributed by atoms with van der Waals surface area (Å²) in [4.78, 5) is 23.4. The number of nitrogen functional groups attached to an aromatic ring is 1. The Hall–Kier alpha value is -4.79. The number of benzene rings is 3. The van der Waals surface area contributed by atoms with E-state index >= 15 is 4.39 Å². The van der Waals surface area contributed by atoms with E-state index in [1.165, 1.54) is 18.3 Å². The van der Waals surface area contributed by atoms with Gasteiger partial charge in [0.1, 0.15) is 23.5 Å². The predicted octanol–water partition coefficient (Wildman–Crippen LogP) is 6.46. The second kappa shape index (κ2) is 10.9. The molecule has 0 fully saturated rings. The molecule has 0 aliphatic heterocycles. The molecule has 1 atom stereocenters. The Labute approximate surface area is 224 Å². The van der Waals surface area contributed by atoms with Crippen LogP contribution >= 0.6 is 0 Å².